The molecule has 0 radical (unpaired) electrons. The highest BCUT2D eigenvalue weighted by Crippen LogP contribution is 2.46. The molecule has 12 aromatic rings. The van der Waals surface area contributed by atoms with Crippen molar-refractivity contribution in [2.24, 2.45) is 0 Å². The number of hydrogen-bond donors (Lipinski definition) is 0. The first-order valence-corrected chi connectivity index (χ1v) is 18.6. The Morgan fingerprint density at radius 1 is 0.345 bits per heavy atom. The number of aromatic nitrogens is 3. The second-order valence-corrected chi connectivity index (χ2v) is 14.2. The van der Waals surface area contributed by atoms with E-state index >= 15 is 0 Å². The zero-order valence-corrected chi connectivity index (χ0v) is 29.5. The van der Waals surface area contributed by atoms with E-state index in [9.17, 15) is 0 Å². The van der Waals surface area contributed by atoms with Crippen molar-refractivity contribution in [2.45, 2.75) is 0 Å². The topological polar surface area (TPSA) is 51.8 Å². The highest BCUT2D eigenvalue weighted by atomic mass is 16.3. The van der Waals surface area contributed by atoms with Crippen LogP contribution in [0.25, 0.3) is 121 Å². The Labute approximate surface area is 315 Å². The van der Waals surface area contributed by atoms with E-state index in [-0.39, 0.29) is 0 Å². The number of furan rings is 1. The molecule has 0 saturated carbocycles. The minimum absolute atomic E-state index is 0.874. The van der Waals surface area contributed by atoms with Gasteiger partial charge in [0.15, 0.2) is 0 Å². The second-order valence-electron chi connectivity index (χ2n) is 14.2. The molecule has 4 heteroatoms. The third kappa shape index (κ3) is 4.43. The van der Waals surface area contributed by atoms with Gasteiger partial charge >= 0.3 is 0 Å². The summed E-state index contributed by atoms with van der Waals surface area (Å²) in [4.78, 5) is 16.2. The van der Waals surface area contributed by atoms with Crippen molar-refractivity contribution >= 4 is 87.0 Å². The molecule has 0 unspecified atom stereocenters. The van der Waals surface area contributed by atoms with Gasteiger partial charge in [0.1, 0.15) is 11.2 Å². The fraction of sp³-hybridized carbons (Fsp3) is 0. The predicted octanol–water partition coefficient (Wildman–Crippen LogP) is 13.7. The average Bonchev–Trinajstić information content (AvgIpc) is 3.64. The van der Waals surface area contributed by atoms with Gasteiger partial charge in [-0.2, -0.15) is 0 Å². The van der Waals surface area contributed by atoms with E-state index in [0.29, 0.717) is 0 Å². The lowest BCUT2D eigenvalue weighted by Gasteiger charge is -2.19. The average molecular weight is 700 g/mol. The minimum Gasteiger partial charge on any atom is -0.455 e. The van der Waals surface area contributed by atoms with Crippen LogP contribution in [0.5, 0.6) is 0 Å². The van der Waals surface area contributed by atoms with Crippen molar-refractivity contribution in [2.75, 3.05) is 0 Å². The molecule has 55 heavy (non-hydrogen) atoms. The molecule has 0 N–H and O–H groups in total. The van der Waals surface area contributed by atoms with E-state index in [1.807, 2.05) is 18.2 Å². The summed E-state index contributed by atoms with van der Waals surface area (Å²) < 4.78 is 6.56. The van der Waals surface area contributed by atoms with Crippen LogP contribution < -0.4 is 0 Å². The van der Waals surface area contributed by atoms with E-state index in [1.54, 1.807) is 0 Å². The molecule has 12 rings (SSSR count). The lowest BCUT2D eigenvalue weighted by Crippen LogP contribution is -1.96. The Bertz CT molecular complexity index is 3490. The minimum atomic E-state index is 0.874. The zero-order chi connectivity index (χ0) is 36.0. The maximum absolute atomic E-state index is 6.56. The number of benzene rings is 8. The van der Waals surface area contributed by atoms with Crippen LogP contribution in [0.15, 0.2) is 180 Å². The lowest BCUT2D eigenvalue weighted by atomic mass is 9.87. The van der Waals surface area contributed by atoms with Gasteiger partial charge in [0, 0.05) is 43.6 Å². The molecule has 0 aliphatic heterocycles. The van der Waals surface area contributed by atoms with Crippen molar-refractivity contribution in [1.29, 1.82) is 0 Å². The van der Waals surface area contributed by atoms with Gasteiger partial charge in [-0.15, -0.1) is 0 Å². The fourth-order valence-corrected chi connectivity index (χ4v) is 8.75. The SMILES string of the molecule is c1ccc(-c2ccc3ccc4ccc(-c5c6ccccc6c(-c6nc7ccc8c9ccccc9oc8c7c7ccccc67)c6ccccc56)nc4c3n2)cc1. The highest BCUT2D eigenvalue weighted by molar-refractivity contribution is 6.27. The number of pyridine rings is 3. The maximum atomic E-state index is 6.56. The molecule has 0 amide bonds. The highest BCUT2D eigenvalue weighted by Gasteiger charge is 2.22. The van der Waals surface area contributed by atoms with Gasteiger partial charge in [-0.05, 0) is 57.3 Å². The summed E-state index contributed by atoms with van der Waals surface area (Å²) in [5.41, 5.74) is 10.5. The predicted molar refractivity (Wildman–Crippen MR) is 228 cm³/mol. The number of hydrogen-bond acceptors (Lipinski definition) is 4. The zero-order valence-electron chi connectivity index (χ0n) is 29.5. The van der Waals surface area contributed by atoms with Crippen LogP contribution in [-0.2, 0) is 0 Å². The first kappa shape index (κ1) is 30.1. The first-order chi connectivity index (χ1) is 27.3. The molecule has 254 valence electrons. The Balaban J connectivity index is 1.15. The van der Waals surface area contributed by atoms with Crippen LogP contribution in [-0.4, -0.2) is 15.0 Å². The van der Waals surface area contributed by atoms with E-state index in [0.717, 1.165) is 121 Å². The van der Waals surface area contributed by atoms with Crippen molar-refractivity contribution in [3.8, 4) is 33.8 Å². The summed E-state index contributed by atoms with van der Waals surface area (Å²) in [5, 5.41) is 12.1. The molecule has 0 spiro atoms. The summed E-state index contributed by atoms with van der Waals surface area (Å²) in [5.74, 6) is 0. The van der Waals surface area contributed by atoms with E-state index in [1.165, 1.54) is 0 Å². The molecule has 0 fully saturated rings. The monoisotopic (exact) mass is 699 g/mol. The van der Waals surface area contributed by atoms with Crippen molar-refractivity contribution in [3.05, 3.63) is 176 Å². The fourth-order valence-electron chi connectivity index (χ4n) is 8.75. The van der Waals surface area contributed by atoms with Gasteiger partial charge in [0.25, 0.3) is 0 Å². The number of para-hydroxylation sites is 1. The number of rotatable bonds is 3. The quantitative estimate of drug-likeness (QED) is 0.136. The van der Waals surface area contributed by atoms with Gasteiger partial charge in [-0.3, -0.25) is 0 Å². The standard InChI is InChI=1S/C51H29N3O/c1-2-12-30(13-3-1)41-27-24-31-22-23-32-25-28-42(53-49(32)48(31)52-41)45-34-15-4-6-17-36(34)46(37-18-7-5-16-35(37)45)50-39-20-9-8-19-38(39)47-43(54-50)29-26-40-33-14-10-11-21-44(33)55-51(40)47/h1-29H. The Hall–Kier alpha value is -7.43. The second kappa shape index (κ2) is 11.5. The molecule has 0 atom stereocenters. The third-order valence-corrected chi connectivity index (χ3v) is 11.2. The van der Waals surface area contributed by atoms with Crippen LogP contribution in [0.4, 0.5) is 0 Å². The molecule has 8 aromatic carbocycles. The Kier molecular flexibility index (Phi) is 6.31. The van der Waals surface area contributed by atoms with Gasteiger partial charge in [0.2, 0.25) is 0 Å². The summed E-state index contributed by atoms with van der Waals surface area (Å²) in [6.45, 7) is 0. The van der Waals surface area contributed by atoms with Gasteiger partial charge in [-0.1, -0.05) is 146 Å². The van der Waals surface area contributed by atoms with E-state index in [2.05, 4.69) is 158 Å². The summed E-state index contributed by atoms with van der Waals surface area (Å²) >= 11 is 0. The van der Waals surface area contributed by atoms with Crippen LogP contribution in [0.1, 0.15) is 0 Å². The van der Waals surface area contributed by atoms with Crippen molar-refractivity contribution in [3.63, 3.8) is 0 Å². The third-order valence-electron chi connectivity index (χ3n) is 11.2. The smallest absolute Gasteiger partial charge is 0.145 e. The largest absolute Gasteiger partial charge is 0.455 e. The molecule has 0 aliphatic carbocycles. The lowest BCUT2D eigenvalue weighted by molar-refractivity contribution is 0.673. The van der Waals surface area contributed by atoms with Gasteiger partial charge < -0.3 is 4.42 Å². The van der Waals surface area contributed by atoms with Crippen LogP contribution in [0, 0.1) is 0 Å². The normalized spacial score (nSPS) is 12.0. The molecular formula is C51H29N3O. The summed E-state index contributed by atoms with van der Waals surface area (Å²) in [7, 11) is 0. The summed E-state index contributed by atoms with van der Waals surface area (Å²) in [6.07, 6.45) is 0. The van der Waals surface area contributed by atoms with Crippen LogP contribution in [0.3, 0.4) is 0 Å². The van der Waals surface area contributed by atoms with Gasteiger partial charge in [0.05, 0.1) is 39.0 Å². The number of fused-ring (bicyclic) bond motifs is 12. The summed E-state index contributed by atoms with van der Waals surface area (Å²) in [6, 6.07) is 61.8. The molecule has 0 saturated heterocycles. The molecule has 0 aliphatic rings. The van der Waals surface area contributed by atoms with E-state index in [4.69, 9.17) is 19.4 Å². The maximum Gasteiger partial charge on any atom is 0.145 e. The molecule has 4 aromatic heterocycles. The molecule has 4 heterocycles. The van der Waals surface area contributed by atoms with Crippen molar-refractivity contribution < 1.29 is 4.42 Å². The Morgan fingerprint density at radius 3 is 1.56 bits per heavy atom. The van der Waals surface area contributed by atoms with Crippen LogP contribution >= 0.6 is 0 Å². The van der Waals surface area contributed by atoms with Crippen LogP contribution in [0.2, 0.25) is 0 Å². The Morgan fingerprint density at radius 2 is 0.873 bits per heavy atom. The molecular weight excluding hydrogens is 671 g/mol. The van der Waals surface area contributed by atoms with E-state index < -0.39 is 0 Å². The first-order valence-electron chi connectivity index (χ1n) is 18.6. The molecule has 4 nitrogen and oxygen atoms in total. The number of nitrogens with zero attached hydrogens (tertiary/aromatic N) is 3. The van der Waals surface area contributed by atoms with Gasteiger partial charge in [-0.25, -0.2) is 15.0 Å². The van der Waals surface area contributed by atoms with Crippen molar-refractivity contribution in [1.82, 2.24) is 15.0 Å². The molecule has 0 bridgehead atoms.